The first-order chi connectivity index (χ1) is 19.7. The number of rotatable bonds is 7. The van der Waals surface area contributed by atoms with Crippen LogP contribution in [-0.2, 0) is 16.2 Å². The molecule has 2 aromatic heterocycles. The average Bonchev–Trinajstić information content (AvgIpc) is 3.27. The zero-order valence-electron chi connectivity index (χ0n) is 22.3. The predicted octanol–water partition coefficient (Wildman–Crippen LogP) is 4.15. The molecule has 0 amide bonds. The van der Waals surface area contributed by atoms with Gasteiger partial charge in [0.2, 0.25) is 16.0 Å². The number of fused-ring (bicyclic) bond motifs is 1. The number of alkyl halides is 5. The number of hydrogen-bond donors (Lipinski definition) is 2. The second-order valence-electron chi connectivity index (χ2n) is 10.6. The van der Waals surface area contributed by atoms with Crippen LogP contribution in [0.3, 0.4) is 0 Å². The van der Waals surface area contributed by atoms with Crippen molar-refractivity contribution in [2.24, 2.45) is 0 Å². The molecule has 0 unspecified atom stereocenters. The Labute approximate surface area is 237 Å². The average molecular weight is 618 g/mol. The first-order valence-corrected chi connectivity index (χ1v) is 14.6. The smallest absolute Gasteiger partial charge is 0.416 e. The summed E-state index contributed by atoms with van der Waals surface area (Å²) >= 11 is 0. The van der Waals surface area contributed by atoms with E-state index in [1.54, 1.807) is 6.92 Å². The summed E-state index contributed by atoms with van der Waals surface area (Å²) in [6.07, 6.45) is -1.39. The highest BCUT2D eigenvalue weighted by atomic mass is 32.2. The van der Waals surface area contributed by atoms with Crippen molar-refractivity contribution >= 4 is 27.0 Å². The van der Waals surface area contributed by atoms with Gasteiger partial charge in [-0.2, -0.15) is 31.2 Å². The molecule has 0 radical (unpaired) electrons. The molecule has 0 bridgehead atoms. The minimum Gasteiger partial charge on any atom is -0.429 e. The molecule has 2 N–H and O–H groups in total. The number of aliphatic hydroxyl groups is 1. The monoisotopic (exact) mass is 617 g/mol. The molecule has 3 heterocycles. The number of anilines is 1. The summed E-state index contributed by atoms with van der Waals surface area (Å²) in [5.74, 6) is -0.506. The van der Waals surface area contributed by atoms with Gasteiger partial charge < -0.3 is 15.2 Å². The highest BCUT2D eigenvalue weighted by Crippen LogP contribution is 2.40. The maximum atomic E-state index is 13.2. The number of nitrogens with one attached hydrogen (secondary N) is 1. The zero-order valence-corrected chi connectivity index (χ0v) is 23.1. The van der Waals surface area contributed by atoms with Crippen molar-refractivity contribution in [3.8, 4) is 5.75 Å². The second-order valence-corrected chi connectivity index (χ2v) is 12.6. The highest BCUT2D eigenvalue weighted by Gasteiger charge is 2.40. The molecule has 42 heavy (non-hydrogen) atoms. The number of hydrogen-bond acceptors (Lipinski definition) is 8. The van der Waals surface area contributed by atoms with E-state index in [2.05, 4.69) is 20.0 Å². The van der Waals surface area contributed by atoms with Crippen LogP contribution in [0.4, 0.5) is 27.9 Å². The molecule has 5 rings (SSSR count). The Kier molecular flexibility index (Phi) is 7.91. The van der Waals surface area contributed by atoms with E-state index in [9.17, 15) is 40.3 Å². The predicted molar refractivity (Wildman–Crippen MR) is 141 cm³/mol. The molecule has 1 aliphatic heterocycles. The summed E-state index contributed by atoms with van der Waals surface area (Å²) in [5.41, 5.74) is -3.11. The van der Waals surface area contributed by atoms with Crippen LogP contribution in [-0.4, -0.2) is 63.7 Å². The standard InChI is InChI=1S/C26H28F5N5O5S/c1-25(38)9-3-6-20(25)36-21-15(12-19(22(36)37)41-23(27)28)14-32-24(34-21)33-17-7-10-35(11-8-17)42(39,40)18-5-2-4-16(13-18)26(29,30)31/h2,4-5,12-14,17,20,23,38H,3,6-11H2,1H3,(H,32,33,34)/t20-,25-/m1/s1. The van der Waals surface area contributed by atoms with Gasteiger partial charge in [0.05, 0.1) is 22.1 Å². The van der Waals surface area contributed by atoms with E-state index in [4.69, 9.17) is 0 Å². The minimum atomic E-state index is -4.68. The summed E-state index contributed by atoms with van der Waals surface area (Å²) in [7, 11) is -4.17. The normalized spacial score (nSPS) is 22.6. The topological polar surface area (TPSA) is 127 Å². The number of piperidine rings is 1. The van der Waals surface area contributed by atoms with Crippen LogP contribution in [0.5, 0.6) is 5.75 Å². The fourth-order valence-electron chi connectivity index (χ4n) is 5.58. The van der Waals surface area contributed by atoms with E-state index in [1.165, 1.54) is 6.20 Å². The molecule has 1 aromatic carbocycles. The third-order valence-electron chi connectivity index (χ3n) is 7.73. The van der Waals surface area contributed by atoms with E-state index in [0.717, 1.165) is 33.1 Å². The van der Waals surface area contributed by atoms with Gasteiger partial charge in [0.1, 0.15) is 5.65 Å². The number of sulfonamides is 1. The van der Waals surface area contributed by atoms with Gasteiger partial charge in [-0.1, -0.05) is 6.07 Å². The summed E-state index contributed by atoms with van der Waals surface area (Å²) in [6.45, 7) is -1.63. The third-order valence-corrected chi connectivity index (χ3v) is 9.63. The maximum Gasteiger partial charge on any atom is 0.416 e. The Balaban J connectivity index is 1.37. The summed E-state index contributed by atoms with van der Waals surface area (Å²) in [4.78, 5) is 21.4. The van der Waals surface area contributed by atoms with Crippen LogP contribution in [0.1, 0.15) is 50.6 Å². The zero-order chi connectivity index (χ0) is 30.4. The lowest BCUT2D eigenvalue weighted by Gasteiger charge is -2.32. The van der Waals surface area contributed by atoms with E-state index >= 15 is 0 Å². The first kappa shape index (κ1) is 30.1. The van der Waals surface area contributed by atoms with E-state index in [1.807, 2.05) is 0 Å². The number of pyridine rings is 1. The van der Waals surface area contributed by atoms with E-state index in [-0.39, 0.29) is 49.0 Å². The van der Waals surface area contributed by atoms with E-state index in [0.29, 0.717) is 25.3 Å². The highest BCUT2D eigenvalue weighted by molar-refractivity contribution is 7.89. The molecule has 1 saturated heterocycles. The lowest BCUT2D eigenvalue weighted by Crippen LogP contribution is -2.42. The van der Waals surface area contributed by atoms with Crippen LogP contribution in [0.2, 0.25) is 0 Å². The lowest BCUT2D eigenvalue weighted by atomic mass is 10.00. The number of halogens is 5. The summed E-state index contributed by atoms with van der Waals surface area (Å²) in [6, 6.07) is 3.64. The summed E-state index contributed by atoms with van der Waals surface area (Å²) < 4.78 is 98.1. The van der Waals surface area contributed by atoms with E-state index < -0.39 is 56.2 Å². The van der Waals surface area contributed by atoms with Crippen molar-refractivity contribution in [1.29, 1.82) is 0 Å². The number of aromatic nitrogens is 3. The Bertz CT molecular complexity index is 1640. The van der Waals surface area contributed by atoms with Crippen LogP contribution in [0.15, 0.2) is 46.2 Å². The maximum absolute atomic E-state index is 13.2. The molecule has 2 fully saturated rings. The minimum absolute atomic E-state index is 0.0216. The largest absolute Gasteiger partial charge is 0.429 e. The second kappa shape index (κ2) is 11.0. The van der Waals surface area contributed by atoms with Crippen molar-refractivity contribution < 1.29 is 40.2 Å². The molecule has 16 heteroatoms. The van der Waals surface area contributed by atoms with Gasteiger partial charge in [-0.05, 0) is 63.3 Å². The molecule has 1 saturated carbocycles. The first-order valence-electron chi connectivity index (χ1n) is 13.2. The van der Waals surface area contributed by atoms with Gasteiger partial charge >= 0.3 is 12.8 Å². The van der Waals surface area contributed by atoms with Crippen molar-refractivity contribution in [2.45, 2.75) is 74.4 Å². The molecule has 0 spiro atoms. The van der Waals surface area contributed by atoms with Gasteiger partial charge in [-0.3, -0.25) is 9.36 Å². The molecule has 2 aliphatic rings. The van der Waals surface area contributed by atoms with Crippen LogP contribution >= 0.6 is 0 Å². The van der Waals surface area contributed by atoms with Crippen molar-refractivity contribution in [2.75, 3.05) is 18.4 Å². The summed E-state index contributed by atoms with van der Waals surface area (Å²) in [5, 5.41) is 14.2. The molecular weight excluding hydrogens is 589 g/mol. The quantitative estimate of drug-likeness (QED) is 0.379. The number of nitrogens with zero attached hydrogens (tertiary/aromatic N) is 4. The van der Waals surface area contributed by atoms with Crippen molar-refractivity contribution in [3.63, 3.8) is 0 Å². The number of benzene rings is 1. The molecule has 2 atom stereocenters. The Morgan fingerprint density at radius 1 is 1.17 bits per heavy atom. The Hall–Kier alpha value is -3.37. The van der Waals surface area contributed by atoms with Gasteiger partial charge in [-0.15, -0.1) is 0 Å². The van der Waals surface area contributed by atoms with Gasteiger partial charge in [0, 0.05) is 30.7 Å². The Morgan fingerprint density at radius 2 is 1.88 bits per heavy atom. The van der Waals surface area contributed by atoms with Crippen molar-refractivity contribution in [3.05, 3.63) is 52.4 Å². The molecule has 3 aromatic rings. The fourth-order valence-corrected chi connectivity index (χ4v) is 7.09. The molecule has 10 nitrogen and oxygen atoms in total. The third kappa shape index (κ3) is 5.92. The molecule has 1 aliphatic carbocycles. The molecule has 228 valence electrons. The fraction of sp³-hybridized carbons (Fsp3) is 0.500. The van der Waals surface area contributed by atoms with Gasteiger partial charge in [0.15, 0.2) is 5.75 Å². The van der Waals surface area contributed by atoms with Gasteiger partial charge in [-0.25, -0.2) is 13.4 Å². The van der Waals surface area contributed by atoms with Crippen LogP contribution < -0.4 is 15.6 Å². The number of ether oxygens (including phenoxy) is 1. The Morgan fingerprint density at radius 3 is 2.50 bits per heavy atom. The lowest BCUT2D eigenvalue weighted by molar-refractivity contribution is -0.137. The van der Waals surface area contributed by atoms with Crippen LogP contribution in [0.25, 0.3) is 11.0 Å². The van der Waals surface area contributed by atoms with Crippen LogP contribution in [0, 0.1) is 0 Å². The SMILES string of the molecule is C[C@@]1(O)CCC[C@H]1n1c(=O)c(OC(F)F)cc2cnc(NC3CCN(S(=O)(=O)c4cccc(C(F)(F)F)c4)CC3)nc21. The van der Waals surface area contributed by atoms with Gasteiger partial charge in [0.25, 0.3) is 5.56 Å². The van der Waals surface area contributed by atoms with Crippen molar-refractivity contribution in [1.82, 2.24) is 18.8 Å². The molecular formula is C26H28F5N5O5S.